The highest BCUT2D eigenvalue weighted by Gasteiger charge is 2.18. The minimum atomic E-state index is -0.890. The van der Waals surface area contributed by atoms with Crippen molar-refractivity contribution in [3.05, 3.63) is 69.2 Å². The van der Waals surface area contributed by atoms with Gasteiger partial charge in [-0.25, -0.2) is 8.78 Å². The predicted octanol–water partition coefficient (Wildman–Crippen LogP) is 3.97. The first kappa shape index (κ1) is 14.7. The van der Waals surface area contributed by atoms with Gasteiger partial charge in [0.15, 0.2) is 0 Å². The summed E-state index contributed by atoms with van der Waals surface area (Å²) in [5, 5.41) is 2.51. The molecule has 0 heterocycles. The Balaban J connectivity index is 2.13. The average molecular weight is 340 g/mol. The topological polar surface area (TPSA) is 29.1 Å². The Hall–Kier alpha value is -1.75. The molecule has 0 aliphatic heterocycles. The molecule has 20 heavy (non-hydrogen) atoms. The lowest BCUT2D eigenvalue weighted by molar-refractivity contribution is 0.0942. The molecular weight excluding hydrogens is 328 g/mol. The molecule has 0 bridgehead atoms. The summed E-state index contributed by atoms with van der Waals surface area (Å²) in [5.74, 6) is -2.55. The van der Waals surface area contributed by atoms with Gasteiger partial charge >= 0.3 is 0 Å². The highest BCUT2D eigenvalue weighted by Crippen LogP contribution is 2.19. The number of nitrogens with one attached hydrogen (secondary N) is 1. The van der Waals surface area contributed by atoms with E-state index >= 15 is 0 Å². The zero-order valence-electron chi connectivity index (χ0n) is 10.7. The van der Waals surface area contributed by atoms with Crippen LogP contribution in [0.15, 0.2) is 40.9 Å². The first-order chi connectivity index (χ1) is 9.47. The summed E-state index contributed by atoms with van der Waals surface area (Å²) in [7, 11) is 0. The second-order valence-corrected chi connectivity index (χ2v) is 5.33. The maximum atomic E-state index is 13.6. The Bertz CT molecular complexity index is 635. The number of carbonyl (C=O) groups excluding carboxylic acids is 1. The summed E-state index contributed by atoms with van der Waals surface area (Å²) in [6.45, 7) is 2.15. The molecule has 0 aliphatic carbocycles. The van der Waals surface area contributed by atoms with Crippen LogP contribution in [0.25, 0.3) is 0 Å². The third-order valence-electron chi connectivity index (χ3n) is 2.77. The van der Waals surface area contributed by atoms with Crippen molar-refractivity contribution in [2.24, 2.45) is 0 Å². The van der Waals surface area contributed by atoms with E-state index < -0.39 is 23.1 Å². The van der Waals surface area contributed by atoms with Crippen LogP contribution in [-0.2, 0) is 6.54 Å². The maximum absolute atomic E-state index is 13.6. The normalized spacial score (nSPS) is 10.4. The van der Waals surface area contributed by atoms with Crippen molar-refractivity contribution < 1.29 is 13.6 Å². The van der Waals surface area contributed by atoms with E-state index in [4.69, 9.17) is 0 Å². The summed E-state index contributed by atoms with van der Waals surface area (Å²) in [5.41, 5.74) is 1.36. The van der Waals surface area contributed by atoms with Crippen LogP contribution in [0.5, 0.6) is 0 Å². The summed E-state index contributed by atoms with van der Waals surface area (Å²) in [4.78, 5) is 11.8. The van der Waals surface area contributed by atoms with Gasteiger partial charge in [0, 0.05) is 11.0 Å². The molecule has 0 aromatic heterocycles. The largest absolute Gasteiger partial charge is 0.348 e. The van der Waals surface area contributed by atoms with Crippen LogP contribution in [-0.4, -0.2) is 5.91 Å². The van der Waals surface area contributed by atoms with E-state index in [-0.39, 0.29) is 11.0 Å². The van der Waals surface area contributed by atoms with Crippen molar-refractivity contribution in [3.63, 3.8) is 0 Å². The zero-order valence-corrected chi connectivity index (χ0v) is 12.3. The van der Waals surface area contributed by atoms with E-state index in [1.54, 1.807) is 0 Å². The number of hydrogen-bond donors (Lipinski definition) is 1. The summed E-state index contributed by atoms with van der Waals surface area (Å²) >= 11 is 2.97. The van der Waals surface area contributed by atoms with E-state index in [0.29, 0.717) is 0 Å². The van der Waals surface area contributed by atoms with Gasteiger partial charge in [-0.1, -0.05) is 45.8 Å². The van der Waals surface area contributed by atoms with E-state index in [9.17, 15) is 13.6 Å². The third-order valence-corrected chi connectivity index (χ3v) is 3.23. The molecular formula is C15H12BrF2NO. The van der Waals surface area contributed by atoms with Crippen LogP contribution in [0, 0.1) is 18.6 Å². The predicted molar refractivity (Wildman–Crippen MR) is 76.4 cm³/mol. The second kappa shape index (κ2) is 6.13. The van der Waals surface area contributed by atoms with Crippen molar-refractivity contribution in [1.82, 2.24) is 5.32 Å². The summed E-state index contributed by atoms with van der Waals surface area (Å²) < 4.78 is 27.5. The lowest BCUT2D eigenvalue weighted by Gasteiger charge is -2.08. The highest BCUT2D eigenvalue weighted by molar-refractivity contribution is 9.10. The van der Waals surface area contributed by atoms with Gasteiger partial charge in [0.2, 0.25) is 0 Å². The first-order valence-corrected chi connectivity index (χ1v) is 6.75. The molecule has 1 N–H and O–H groups in total. The minimum Gasteiger partial charge on any atom is -0.348 e. The Labute approximate surface area is 123 Å². The molecule has 0 saturated carbocycles. The van der Waals surface area contributed by atoms with Gasteiger partial charge in [-0.05, 0) is 24.6 Å². The number of hydrogen-bond acceptors (Lipinski definition) is 1. The number of amides is 1. The Morgan fingerprint density at radius 3 is 2.45 bits per heavy atom. The van der Waals surface area contributed by atoms with Gasteiger partial charge in [0.1, 0.15) is 17.2 Å². The van der Waals surface area contributed by atoms with Crippen LogP contribution in [0.3, 0.4) is 0 Å². The quantitative estimate of drug-likeness (QED) is 0.900. The van der Waals surface area contributed by atoms with Crippen molar-refractivity contribution in [1.29, 1.82) is 0 Å². The first-order valence-electron chi connectivity index (χ1n) is 5.95. The van der Waals surface area contributed by atoms with Crippen LogP contribution in [0.1, 0.15) is 21.5 Å². The van der Waals surface area contributed by atoms with Crippen LogP contribution >= 0.6 is 15.9 Å². The number of aryl methyl sites for hydroxylation is 1. The number of benzene rings is 2. The molecule has 104 valence electrons. The van der Waals surface area contributed by atoms with E-state index in [0.717, 1.165) is 23.3 Å². The van der Waals surface area contributed by atoms with Gasteiger partial charge in [-0.15, -0.1) is 0 Å². The van der Waals surface area contributed by atoms with Gasteiger partial charge < -0.3 is 5.32 Å². The van der Waals surface area contributed by atoms with Crippen LogP contribution in [0.2, 0.25) is 0 Å². The molecule has 0 spiro atoms. The fourth-order valence-electron chi connectivity index (χ4n) is 1.85. The highest BCUT2D eigenvalue weighted by atomic mass is 79.9. The third kappa shape index (κ3) is 3.42. The lowest BCUT2D eigenvalue weighted by Crippen LogP contribution is -2.25. The van der Waals surface area contributed by atoms with Crippen LogP contribution < -0.4 is 5.32 Å². The molecule has 1 amide bonds. The molecule has 0 fully saturated rings. The molecule has 2 aromatic carbocycles. The SMILES string of the molecule is Cc1cccc(CNC(=O)c2c(F)cc(Br)cc2F)c1. The molecule has 0 atom stereocenters. The fourth-order valence-corrected chi connectivity index (χ4v) is 2.25. The van der Waals surface area contributed by atoms with Gasteiger partial charge in [-0.3, -0.25) is 4.79 Å². The second-order valence-electron chi connectivity index (χ2n) is 4.42. The fraction of sp³-hybridized carbons (Fsp3) is 0.133. The Morgan fingerprint density at radius 1 is 1.20 bits per heavy atom. The zero-order chi connectivity index (χ0) is 14.7. The van der Waals surface area contributed by atoms with E-state index in [1.807, 2.05) is 31.2 Å². The number of halogens is 3. The molecule has 2 nitrogen and oxygen atoms in total. The number of carbonyl (C=O) groups is 1. The van der Waals surface area contributed by atoms with Gasteiger partial charge in [-0.2, -0.15) is 0 Å². The monoisotopic (exact) mass is 339 g/mol. The Kier molecular flexibility index (Phi) is 4.49. The number of rotatable bonds is 3. The molecule has 2 aromatic rings. The molecule has 0 unspecified atom stereocenters. The van der Waals surface area contributed by atoms with Gasteiger partial charge in [0.05, 0.1) is 0 Å². The van der Waals surface area contributed by atoms with Crippen molar-refractivity contribution in [2.45, 2.75) is 13.5 Å². The molecule has 2 rings (SSSR count). The molecule has 0 radical (unpaired) electrons. The average Bonchev–Trinajstić information content (AvgIpc) is 2.35. The van der Waals surface area contributed by atoms with Crippen molar-refractivity contribution in [2.75, 3.05) is 0 Å². The lowest BCUT2D eigenvalue weighted by atomic mass is 10.1. The smallest absolute Gasteiger partial charge is 0.257 e. The Morgan fingerprint density at radius 2 is 1.85 bits per heavy atom. The maximum Gasteiger partial charge on any atom is 0.257 e. The minimum absolute atomic E-state index is 0.218. The summed E-state index contributed by atoms with van der Waals surface area (Å²) in [6, 6.07) is 9.64. The van der Waals surface area contributed by atoms with E-state index in [2.05, 4.69) is 21.2 Å². The molecule has 0 saturated heterocycles. The van der Waals surface area contributed by atoms with Crippen molar-refractivity contribution in [3.8, 4) is 0 Å². The van der Waals surface area contributed by atoms with E-state index in [1.165, 1.54) is 0 Å². The van der Waals surface area contributed by atoms with Gasteiger partial charge in [0.25, 0.3) is 5.91 Å². The standard InChI is InChI=1S/C15H12BrF2NO/c1-9-3-2-4-10(5-9)8-19-15(20)14-12(17)6-11(16)7-13(14)18/h2-7H,8H2,1H3,(H,19,20). The molecule has 5 heteroatoms. The summed E-state index contributed by atoms with van der Waals surface area (Å²) in [6.07, 6.45) is 0. The van der Waals surface area contributed by atoms with Crippen molar-refractivity contribution >= 4 is 21.8 Å². The van der Waals surface area contributed by atoms with Crippen LogP contribution in [0.4, 0.5) is 8.78 Å². The molecule has 0 aliphatic rings.